The molecule has 0 spiro atoms. The van der Waals surface area contributed by atoms with E-state index >= 15 is 0 Å². The van der Waals surface area contributed by atoms with Gasteiger partial charge >= 0.3 is 0 Å². The third kappa shape index (κ3) is 43.8. The standard InChI is InChI=1S/C85H149NO18/c1-3-5-7-9-11-13-15-17-19-21-23-25-27-29-31-33-34-35-37-39-41-43-45-47-49-51-53-55-57-59-61-63-73(91)86-68(69(90)62-60-58-56-54-52-50-48-46-44-42-40-38-36-32-30-28-26-24-22-20-18-16-14-12-10-8-6-4-2)67-99-83-79(97)76(94)81(71(65-88)101-83)104-85-80(98)77(95)82(72(66-89)102-85)103-84-78(96)75(93)74(92)70(64-87)100-84/h5,7,11,13,17,19,23,25,29,31,34-35,39,41,45,47,68-72,74-85,87-90,92-98H,3-4,6,8-10,12,14-16,18,20-22,24,26-28,30,32-33,36-38,40,42-44,46,48-67H2,1-2H3,(H,86,91)/b7-5-,13-11-,19-17-,25-23-,31-29-,35-34-,41-39-,47-45-. The highest BCUT2D eigenvalue weighted by Crippen LogP contribution is 2.33. The lowest BCUT2D eigenvalue weighted by molar-refractivity contribution is -0.379. The number of amides is 1. The number of carbonyl (C=O) groups excluding carboxylic acids is 1. The molecule has 3 rings (SSSR count). The van der Waals surface area contributed by atoms with Crippen molar-refractivity contribution in [3.05, 3.63) is 97.2 Å². The highest BCUT2D eigenvalue weighted by molar-refractivity contribution is 5.76. The summed E-state index contributed by atoms with van der Waals surface area (Å²) < 4.78 is 34.5. The maximum absolute atomic E-state index is 13.5. The predicted molar refractivity (Wildman–Crippen MR) is 415 cm³/mol. The Morgan fingerprint density at radius 1 is 0.356 bits per heavy atom. The van der Waals surface area contributed by atoms with Gasteiger partial charge in [-0.3, -0.25) is 4.79 Å². The third-order valence-electron chi connectivity index (χ3n) is 20.2. The van der Waals surface area contributed by atoms with Gasteiger partial charge in [-0.2, -0.15) is 0 Å². The summed E-state index contributed by atoms with van der Waals surface area (Å²) >= 11 is 0. The molecule has 0 aliphatic carbocycles. The highest BCUT2D eigenvalue weighted by atomic mass is 16.8. The van der Waals surface area contributed by atoms with E-state index in [1.807, 2.05) is 0 Å². The lowest BCUT2D eigenvalue weighted by atomic mass is 9.96. The van der Waals surface area contributed by atoms with Gasteiger partial charge in [0.25, 0.3) is 0 Å². The first-order valence-corrected chi connectivity index (χ1v) is 41.5. The van der Waals surface area contributed by atoms with Gasteiger partial charge < -0.3 is 89.9 Å². The quantitative estimate of drug-likeness (QED) is 0.0199. The fourth-order valence-electron chi connectivity index (χ4n) is 13.6. The van der Waals surface area contributed by atoms with E-state index < -0.39 is 124 Å². The second-order valence-corrected chi connectivity index (χ2v) is 29.2. The fraction of sp³-hybridized carbons (Fsp3) is 0.800. The molecule has 19 heteroatoms. The molecule has 104 heavy (non-hydrogen) atoms. The Labute approximate surface area is 628 Å². The summed E-state index contributed by atoms with van der Waals surface area (Å²) in [6.45, 7) is 1.70. The van der Waals surface area contributed by atoms with Crippen LogP contribution in [0.25, 0.3) is 0 Å². The van der Waals surface area contributed by atoms with Gasteiger partial charge in [0.2, 0.25) is 5.91 Å². The molecule has 0 aromatic rings. The van der Waals surface area contributed by atoms with Crippen LogP contribution in [0.3, 0.4) is 0 Å². The zero-order valence-electron chi connectivity index (χ0n) is 64.5. The van der Waals surface area contributed by atoms with Crippen LogP contribution < -0.4 is 5.32 Å². The predicted octanol–water partition coefficient (Wildman–Crippen LogP) is 14.3. The first-order valence-electron chi connectivity index (χ1n) is 41.5. The molecule has 17 atom stereocenters. The molecule has 0 radical (unpaired) electrons. The zero-order valence-corrected chi connectivity index (χ0v) is 64.5. The minimum Gasteiger partial charge on any atom is -0.394 e. The van der Waals surface area contributed by atoms with E-state index in [0.717, 1.165) is 116 Å². The maximum Gasteiger partial charge on any atom is 0.220 e. The minimum atomic E-state index is -1.98. The molecule has 3 heterocycles. The van der Waals surface area contributed by atoms with Gasteiger partial charge in [0.15, 0.2) is 18.9 Å². The molecule has 19 nitrogen and oxygen atoms in total. The summed E-state index contributed by atoms with van der Waals surface area (Å²) in [6.07, 6.45) is 60.6. The van der Waals surface area contributed by atoms with Crippen LogP contribution in [0.2, 0.25) is 0 Å². The van der Waals surface area contributed by atoms with Crippen molar-refractivity contribution >= 4 is 5.91 Å². The third-order valence-corrected chi connectivity index (χ3v) is 20.2. The molecule has 12 N–H and O–H groups in total. The van der Waals surface area contributed by atoms with Crippen LogP contribution in [0.15, 0.2) is 97.2 Å². The van der Waals surface area contributed by atoms with Gasteiger partial charge in [0, 0.05) is 6.42 Å². The van der Waals surface area contributed by atoms with E-state index in [2.05, 4.69) is 116 Å². The minimum absolute atomic E-state index is 0.244. The molecular weight excluding hydrogens is 1320 g/mol. The maximum atomic E-state index is 13.5. The van der Waals surface area contributed by atoms with Crippen molar-refractivity contribution in [1.82, 2.24) is 5.32 Å². The Morgan fingerprint density at radius 3 is 1.04 bits per heavy atom. The van der Waals surface area contributed by atoms with Crippen LogP contribution in [-0.4, -0.2) is 193 Å². The molecule has 0 aromatic carbocycles. The van der Waals surface area contributed by atoms with Crippen molar-refractivity contribution in [2.75, 3.05) is 26.4 Å². The Bertz CT molecular complexity index is 2260. The Balaban J connectivity index is 1.38. The van der Waals surface area contributed by atoms with Gasteiger partial charge in [0.05, 0.1) is 38.6 Å². The topological polar surface area (TPSA) is 307 Å². The average molecular weight is 1470 g/mol. The van der Waals surface area contributed by atoms with E-state index in [1.165, 1.54) is 154 Å². The van der Waals surface area contributed by atoms with E-state index in [4.69, 9.17) is 28.4 Å². The largest absolute Gasteiger partial charge is 0.394 e. The summed E-state index contributed by atoms with van der Waals surface area (Å²) in [6, 6.07) is -0.905. The summed E-state index contributed by atoms with van der Waals surface area (Å²) in [5, 5.41) is 121. The first-order chi connectivity index (χ1) is 50.8. The van der Waals surface area contributed by atoms with Crippen molar-refractivity contribution < 1.29 is 89.4 Å². The van der Waals surface area contributed by atoms with Gasteiger partial charge in [-0.05, 0) is 77.0 Å². The van der Waals surface area contributed by atoms with E-state index in [9.17, 15) is 61.0 Å². The molecule has 3 saturated heterocycles. The first kappa shape index (κ1) is 94.9. The Kier molecular flexibility index (Phi) is 58.9. The molecule has 17 unspecified atom stereocenters. The molecule has 3 aliphatic heterocycles. The summed E-state index contributed by atoms with van der Waals surface area (Å²) in [5.74, 6) is -0.258. The second kappa shape index (κ2) is 64.5. The Morgan fingerprint density at radius 2 is 0.663 bits per heavy atom. The number of aliphatic hydroxyl groups is 11. The summed E-state index contributed by atoms with van der Waals surface area (Å²) in [7, 11) is 0. The summed E-state index contributed by atoms with van der Waals surface area (Å²) in [5.41, 5.74) is 0. The number of hydrogen-bond donors (Lipinski definition) is 12. The van der Waals surface area contributed by atoms with Crippen LogP contribution in [-0.2, 0) is 33.2 Å². The molecule has 3 aliphatic rings. The number of hydrogen-bond acceptors (Lipinski definition) is 18. The smallest absolute Gasteiger partial charge is 0.220 e. The normalized spacial score (nSPS) is 26.4. The van der Waals surface area contributed by atoms with Gasteiger partial charge in [-0.1, -0.05) is 317 Å². The van der Waals surface area contributed by atoms with Crippen molar-refractivity contribution in [1.29, 1.82) is 0 Å². The van der Waals surface area contributed by atoms with Gasteiger partial charge in [0.1, 0.15) is 73.2 Å². The number of ether oxygens (including phenoxy) is 6. The Hall–Kier alpha value is -3.29. The van der Waals surface area contributed by atoms with E-state index in [1.54, 1.807) is 0 Å². The number of carbonyl (C=O) groups is 1. The van der Waals surface area contributed by atoms with E-state index in [-0.39, 0.29) is 18.9 Å². The lowest BCUT2D eigenvalue weighted by Crippen LogP contribution is -2.66. The summed E-state index contributed by atoms with van der Waals surface area (Å²) in [4.78, 5) is 13.5. The number of unbranched alkanes of at least 4 members (excludes halogenated alkanes) is 33. The highest BCUT2D eigenvalue weighted by Gasteiger charge is 2.54. The number of allylic oxidation sites excluding steroid dienone is 16. The molecule has 0 aromatic heterocycles. The van der Waals surface area contributed by atoms with Crippen molar-refractivity contribution in [3.8, 4) is 0 Å². The second-order valence-electron chi connectivity index (χ2n) is 29.2. The number of aliphatic hydroxyl groups excluding tert-OH is 11. The van der Waals surface area contributed by atoms with Gasteiger partial charge in [-0.25, -0.2) is 0 Å². The number of rotatable bonds is 65. The van der Waals surface area contributed by atoms with Crippen molar-refractivity contribution in [2.45, 2.75) is 407 Å². The lowest BCUT2D eigenvalue weighted by Gasteiger charge is -2.48. The SMILES string of the molecule is CC/C=C\C/C=C\C/C=C\C/C=C\C/C=C\C/C=C\C/C=C\C/C=C\CCCCCCCCC(=O)NC(COC1OC(CO)C(OC2OC(CO)C(OC3OC(CO)C(O)C(O)C3O)C(O)C2O)C(O)C1O)C(O)CCCCCCCCCCCCCCCCCCCCCCCCCCCCCC. The molecule has 0 saturated carbocycles. The van der Waals surface area contributed by atoms with E-state index in [0.29, 0.717) is 12.8 Å². The molecule has 3 fully saturated rings. The fourth-order valence-corrected chi connectivity index (χ4v) is 13.6. The van der Waals surface area contributed by atoms with Crippen LogP contribution in [0.5, 0.6) is 0 Å². The number of nitrogens with one attached hydrogen (secondary N) is 1. The monoisotopic (exact) mass is 1470 g/mol. The van der Waals surface area contributed by atoms with Crippen molar-refractivity contribution in [3.63, 3.8) is 0 Å². The van der Waals surface area contributed by atoms with Crippen LogP contribution in [0.1, 0.15) is 303 Å². The zero-order chi connectivity index (χ0) is 75.3. The molecule has 0 bridgehead atoms. The molecular formula is C85H149NO18. The van der Waals surface area contributed by atoms with Gasteiger partial charge in [-0.15, -0.1) is 0 Å². The molecule has 602 valence electrons. The van der Waals surface area contributed by atoms with Crippen LogP contribution in [0.4, 0.5) is 0 Å². The van der Waals surface area contributed by atoms with Crippen LogP contribution in [0, 0.1) is 0 Å². The van der Waals surface area contributed by atoms with Crippen molar-refractivity contribution in [2.24, 2.45) is 0 Å². The van der Waals surface area contributed by atoms with Crippen LogP contribution >= 0.6 is 0 Å². The average Bonchev–Trinajstić information content (AvgIpc) is 0.783. The molecule has 1 amide bonds.